The molecule has 0 aromatic heterocycles. The topological polar surface area (TPSA) is 55.4 Å². The third kappa shape index (κ3) is 3.46. The van der Waals surface area contributed by atoms with Crippen LogP contribution in [0.25, 0.3) is 0 Å². The minimum Gasteiger partial charge on any atom is -0.465 e. The van der Waals surface area contributed by atoms with Crippen LogP contribution in [0.4, 0.5) is 10.1 Å². The summed E-state index contributed by atoms with van der Waals surface area (Å²) in [6.45, 7) is 0. The highest BCUT2D eigenvalue weighted by atomic mass is 79.9. The largest absolute Gasteiger partial charge is 0.465 e. The van der Waals surface area contributed by atoms with Crippen LogP contribution in [0.3, 0.4) is 0 Å². The predicted molar refractivity (Wildman–Crippen MR) is 79.8 cm³/mol. The minimum atomic E-state index is -0.624. The number of carbonyl (C=O) groups is 2. The number of halogens is 2. The number of benzene rings is 2. The van der Waals surface area contributed by atoms with Crippen LogP contribution in [0.2, 0.25) is 0 Å². The maximum absolute atomic E-state index is 13.8. The Morgan fingerprint density at radius 3 is 2.43 bits per heavy atom. The maximum Gasteiger partial charge on any atom is 0.337 e. The second kappa shape index (κ2) is 6.49. The highest BCUT2D eigenvalue weighted by Gasteiger charge is 2.14. The van der Waals surface area contributed by atoms with Gasteiger partial charge in [-0.15, -0.1) is 0 Å². The average molecular weight is 352 g/mol. The minimum absolute atomic E-state index is 0.0681. The molecule has 1 N–H and O–H groups in total. The normalized spacial score (nSPS) is 10.0. The summed E-state index contributed by atoms with van der Waals surface area (Å²) < 4.78 is 18.6. The van der Waals surface area contributed by atoms with Crippen LogP contribution in [-0.2, 0) is 4.74 Å². The van der Waals surface area contributed by atoms with E-state index in [1.165, 1.54) is 31.4 Å². The van der Waals surface area contributed by atoms with E-state index in [1.807, 2.05) is 0 Å². The zero-order valence-corrected chi connectivity index (χ0v) is 12.6. The molecular weight excluding hydrogens is 341 g/mol. The first-order valence-corrected chi connectivity index (χ1v) is 6.76. The Bertz CT molecular complexity index is 686. The Kier molecular flexibility index (Phi) is 4.70. The van der Waals surface area contributed by atoms with Crippen LogP contribution in [0, 0.1) is 5.82 Å². The van der Waals surface area contributed by atoms with E-state index in [-0.39, 0.29) is 10.0 Å². The number of carbonyl (C=O) groups excluding carboxylic acids is 2. The first-order chi connectivity index (χ1) is 10.0. The monoisotopic (exact) mass is 351 g/mol. The van der Waals surface area contributed by atoms with Gasteiger partial charge in [0.1, 0.15) is 5.82 Å². The number of amides is 1. The molecule has 0 radical (unpaired) electrons. The molecule has 1 amide bonds. The number of methoxy groups -OCH3 is 1. The van der Waals surface area contributed by atoms with Crippen molar-refractivity contribution in [1.82, 2.24) is 0 Å². The third-order valence-corrected chi connectivity index (χ3v) is 3.37. The molecule has 2 aromatic carbocycles. The molecule has 2 aromatic rings. The van der Waals surface area contributed by atoms with E-state index in [0.717, 1.165) is 0 Å². The molecule has 108 valence electrons. The van der Waals surface area contributed by atoms with Crippen molar-refractivity contribution in [3.8, 4) is 0 Å². The van der Waals surface area contributed by atoms with Crippen LogP contribution in [0.1, 0.15) is 20.7 Å². The second-order valence-corrected chi connectivity index (χ2v) is 4.98. The molecule has 0 aliphatic rings. The van der Waals surface area contributed by atoms with Gasteiger partial charge in [-0.3, -0.25) is 4.79 Å². The summed E-state index contributed by atoms with van der Waals surface area (Å²) in [5, 5.41) is 2.56. The van der Waals surface area contributed by atoms with Crippen molar-refractivity contribution in [1.29, 1.82) is 0 Å². The van der Waals surface area contributed by atoms with Gasteiger partial charge in [0, 0.05) is 5.69 Å². The van der Waals surface area contributed by atoms with Gasteiger partial charge in [-0.25, -0.2) is 9.18 Å². The molecule has 0 fully saturated rings. The van der Waals surface area contributed by atoms with Gasteiger partial charge in [0.25, 0.3) is 5.91 Å². The fraction of sp³-hybridized carbons (Fsp3) is 0.0667. The highest BCUT2D eigenvalue weighted by Crippen LogP contribution is 2.20. The van der Waals surface area contributed by atoms with Crippen molar-refractivity contribution in [3.05, 3.63) is 63.9 Å². The molecule has 0 aliphatic carbocycles. The lowest BCUT2D eigenvalue weighted by molar-refractivity contribution is 0.0600. The number of hydrogen-bond donors (Lipinski definition) is 1. The molecule has 6 heteroatoms. The summed E-state index contributed by atoms with van der Waals surface area (Å²) in [7, 11) is 1.29. The zero-order chi connectivity index (χ0) is 15.4. The van der Waals surface area contributed by atoms with E-state index < -0.39 is 17.7 Å². The number of anilines is 1. The number of nitrogens with one attached hydrogen (secondary N) is 1. The van der Waals surface area contributed by atoms with Gasteiger partial charge in [0.05, 0.1) is 22.7 Å². The maximum atomic E-state index is 13.8. The lowest BCUT2D eigenvalue weighted by atomic mass is 10.1. The Morgan fingerprint density at radius 1 is 1.14 bits per heavy atom. The average Bonchev–Trinajstić information content (AvgIpc) is 2.50. The lowest BCUT2D eigenvalue weighted by Crippen LogP contribution is -2.14. The molecular formula is C15H11BrFNO3. The molecule has 2 rings (SSSR count). The van der Waals surface area contributed by atoms with E-state index in [9.17, 15) is 14.0 Å². The van der Waals surface area contributed by atoms with Crippen LogP contribution in [0.15, 0.2) is 46.9 Å². The summed E-state index contributed by atoms with van der Waals surface area (Å²) >= 11 is 3.03. The van der Waals surface area contributed by atoms with Crippen molar-refractivity contribution in [2.75, 3.05) is 12.4 Å². The van der Waals surface area contributed by atoms with Crippen LogP contribution >= 0.6 is 15.9 Å². The van der Waals surface area contributed by atoms with Crippen molar-refractivity contribution in [3.63, 3.8) is 0 Å². The van der Waals surface area contributed by atoms with Gasteiger partial charge in [0.2, 0.25) is 0 Å². The third-order valence-electron chi connectivity index (χ3n) is 2.76. The Balaban J connectivity index is 2.16. The quantitative estimate of drug-likeness (QED) is 0.859. The molecule has 0 bridgehead atoms. The standard InChI is InChI=1S/C15H11BrFNO3/c1-21-15(20)9-5-7-10(8-6-9)18-14(19)11-3-2-4-12(16)13(11)17/h2-8H,1H3,(H,18,19). The highest BCUT2D eigenvalue weighted by molar-refractivity contribution is 9.10. The first kappa shape index (κ1) is 15.2. The molecule has 0 saturated carbocycles. The van der Waals surface area contributed by atoms with Crippen molar-refractivity contribution < 1.29 is 18.7 Å². The van der Waals surface area contributed by atoms with Crippen LogP contribution < -0.4 is 5.32 Å². The fourth-order valence-electron chi connectivity index (χ4n) is 1.69. The van der Waals surface area contributed by atoms with Crippen molar-refractivity contribution >= 4 is 33.5 Å². The molecule has 0 heterocycles. The fourth-order valence-corrected chi connectivity index (χ4v) is 2.05. The summed E-state index contributed by atoms with van der Waals surface area (Å²) in [6, 6.07) is 10.6. The van der Waals surface area contributed by atoms with Gasteiger partial charge in [-0.2, -0.15) is 0 Å². The van der Waals surface area contributed by atoms with Gasteiger partial charge in [-0.1, -0.05) is 6.07 Å². The predicted octanol–water partition coefficient (Wildman–Crippen LogP) is 3.63. The van der Waals surface area contributed by atoms with E-state index >= 15 is 0 Å². The second-order valence-electron chi connectivity index (χ2n) is 4.12. The summed E-state index contributed by atoms with van der Waals surface area (Å²) in [5.74, 6) is -1.66. The van der Waals surface area contributed by atoms with Gasteiger partial charge < -0.3 is 10.1 Å². The van der Waals surface area contributed by atoms with Crippen molar-refractivity contribution in [2.24, 2.45) is 0 Å². The van der Waals surface area contributed by atoms with Gasteiger partial charge in [0.15, 0.2) is 0 Å². The van der Waals surface area contributed by atoms with E-state index in [0.29, 0.717) is 11.3 Å². The van der Waals surface area contributed by atoms with Gasteiger partial charge in [-0.05, 0) is 52.3 Å². The lowest BCUT2D eigenvalue weighted by Gasteiger charge is -2.07. The van der Waals surface area contributed by atoms with E-state index in [4.69, 9.17) is 0 Å². The van der Waals surface area contributed by atoms with Crippen molar-refractivity contribution in [2.45, 2.75) is 0 Å². The van der Waals surface area contributed by atoms with Gasteiger partial charge >= 0.3 is 5.97 Å². The summed E-state index contributed by atoms with van der Waals surface area (Å²) in [6.07, 6.45) is 0. The first-order valence-electron chi connectivity index (χ1n) is 5.96. The molecule has 0 atom stereocenters. The Hall–Kier alpha value is -2.21. The van der Waals surface area contributed by atoms with Crippen LogP contribution in [0.5, 0.6) is 0 Å². The Morgan fingerprint density at radius 2 is 1.81 bits per heavy atom. The zero-order valence-electron chi connectivity index (χ0n) is 11.0. The SMILES string of the molecule is COC(=O)c1ccc(NC(=O)c2cccc(Br)c2F)cc1. The van der Waals surface area contributed by atoms with E-state index in [1.54, 1.807) is 18.2 Å². The molecule has 21 heavy (non-hydrogen) atoms. The van der Waals surface area contributed by atoms with Crippen LogP contribution in [-0.4, -0.2) is 19.0 Å². The molecule has 0 saturated heterocycles. The summed E-state index contributed by atoms with van der Waals surface area (Å²) in [5.41, 5.74) is 0.748. The Labute approximate surface area is 129 Å². The number of rotatable bonds is 3. The molecule has 0 aliphatic heterocycles. The number of hydrogen-bond acceptors (Lipinski definition) is 3. The van der Waals surface area contributed by atoms with E-state index in [2.05, 4.69) is 26.0 Å². The number of esters is 1. The number of ether oxygens (including phenoxy) is 1. The molecule has 0 unspecified atom stereocenters. The molecule has 0 spiro atoms. The smallest absolute Gasteiger partial charge is 0.337 e. The molecule has 4 nitrogen and oxygen atoms in total. The summed E-state index contributed by atoms with van der Waals surface area (Å²) in [4.78, 5) is 23.3.